The van der Waals surface area contributed by atoms with Crippen LogP contribution in [0, 0.1) is 6.92 Å². The number of carbonyl (C=O) groups is 1. The standard InChI is InChI=1S/C15H22ClNO4/c1-11-5-4-6-13(16)14(11)17-12(2)15(18)21-10-9-20-8-7-19-3/h4-6,12,17H,7-10H2,1-3H3. The van der Waals surface area contributed by atoms with Crippen LogP contribution in [0.3, 0.4) is 0 Å². The molecule has 0 saturated carbocycles. The zero-order valence-electron chi connectivity index (χ0n) is 12.6. The molecule has 118 valence electrons. The summed E-state index contributed by atoms with van der Waals surface area (Å²) in [5, 5.41) is 3.65. The third kappa shape index (κ3) is 6.33. The molecule has 0 aliphatic heterocycles. The van der Waals surface area contributed by atoms with E-state index in [2.05, 4.69) is 5.32 Å². The van der Waals surface area contributed by atoms with Gasteiger partial charge in [-0.05, 0) is 25.5 Å². The second kappa shape index (κ2) is 9.60. The quantitative estimate of drug-likeness (QED) is 0.561. The molecule has 0 aliphatic carbocycles. The summed E-state index contributed by atoms with van der Waals surface area (Å²) in [6, 6.07) is 5.08. The van der Waals surface area contributed by atoms with E-state index in [0.29, 0.717) is 24.8 Å². The van der Waals surface area contributed by atoms with E-state index < -0.39 is 6.04 Å². The maximum absolute atomic E-state index is 11.9. The zero-order chi connectivity index (χ0) is 15.7. The fourth-order valence-corrected chi connectivity index (χ4v) is 1.94. The molecule has 0 aromatic heterocycles. The highest BCUT2D eigenvalue weighted by Crippen LogP contribution is 2.25. The number of hydrogen-bond acceptors (Lipinski definition) is 5. The number of benzene rings is 1. The topological polar surface area (TPSA) is 56.8 Å². The van der Waals surface area contributed by atoms with Crippen LogP contribution < -0.4 is 5.32 Å². The third-order valence-electron chi connectivity index (χ3n) is 2.84. The van der Waals surface area contributed by atoms with E-state index in [-0.39, 0.29) is 12.6 Å². The number of esters is 1. The van der Waals surface area contributed by atoms with Crippen LogP contribution in [0.25, 0.3) is 0 Å². The molecular weight excluding hydrogens is 294 g/mol. The number of ether oxygens (including phenoxy) is 3. The van der Waals surface area contributed by atoms with E-state index in [9.17, 15) is 4.79 Å². The van der Waals surface area contributed by atoms with Crippen molar-refractivity contribution in [3.05, 3.63) is 28.8 Å². The minimum absolute atomic E-state index is 0.218. The van der Waals surface area contributed by atoms with Crippen molar-refractivity contribution < 1.29 is 19.0 Å². The Hall–Kier alpha value is -1.30. The average Bonchev–Trinajstić information content (AvgIpc) is 2.46. The zero-order valence-corrected chi connectivity index (χ0v) is 13.4. The van der Waals surface area contributed by atoms with Gasteiger partial charge in [0.2, 0.25) is 0 Å². The molecule has 1 aromatic rings. The first-order valence-electron chi connectivity index (χ1n) is 6.81. The van der Waals surface area contributed by atoms with Gasteiger partial charge < -0.3 is 19.5 Å². The summed E-state index contributed by atoms with van der Waals surface area (Å²) in [6.07, 6.45) is 0. The molecule has 6 heteroatoms. The molecule has 0 heterocycles. The molecule has 5 nitrogen and oxygen atoms in total. The summed E-state index contributed by atoms with van der Waals surface area (Å²) in [7, 11) is 1.60. The van der Waals surface area contributed by atoms with Crippen molar-refractivity contribution in [2.24, 2.45) is 0 Å². The van der Waals surface area contributed by atoms with E-state index in [1.54, 1.807) is 20.1 Å². The highest BCUT2D eigenvalue weighted by Gasteiger charge is 2.16. The molecule has 1 rings (SSSR count). The van der Waals surface area contributed by atoms with Crippen molar-refractivity contribution in [2.75, 3.05) is 38.9 Å². The molecule has 0 fully saturated rings. The molecule has 21 heavy (non-hydrogen) atoms. The first-order valence-corrected chi connectivity index (χ1v) is 7.19. The van der Waals surface area contributed by atoms with Gasteiger partial charge >= 0.3 is 5.97 Å². The molecule has 1 N–H and O–H groups in total. The predicted octanol–water partition coefficient (Wildman–Crippen LogP) is 2.66. The maximum Gasteiger partial charge on any atom is 0.328 e. The Morgan fingerprint density at radius 3 is 2.67 bits per heavy atom. The summed E-state index contributed by atoms with van der Waals surface area (Å²) in [5.74, 6) is -0.343. The third-order valence-corrected chi connectivity index (χ3v) is 3.16. The average molecular weight is 316 g/mol. The van der Waals surface area contributed by atoms with Crippen molar-refractivity contribution >= 4 is 23.3 Å². The minimum atomic E-state index is -0.484. The van der Waals surface area contributed by atoms with Crippen LogP contribution >= 0.6 is 11.6 Å². The molecule has 0 radical (unpaired) electrons. The van der Waals surface area contributed by atoms with E-state index in [0.717, 1.165) is 11.3 Å². The molecule has 0 saturated heterocycles. The van der Waals surface area contributed by atoms with Crippen LogP contribution in [0.1, 0.15) is 12.5 Å². The number of aryl methyl sites for hydroxylation is 1. The largest absolute Gasteiger partial charge is 0.462 e. The molecule has 1 aromatic carbocycles. The van der Waals surface area contributed by atoms with Crippen LogP contribution in [-0.2, 0) is 19.0 Å². The van der Waals surface area contributed by atoms with E-state index in [1.807, 2.05) is 19.1 Å². The van der Waals surface area contributed by atoms with Crippen molar-refractivity contribution in [3.8, 4) is 0 Å². The van der Waals surface area contributed by atoms with Gasteiger partial charge in [-0.25, -0.2) is 4.79 Å². The smallest absolute Gasteiger partial charge is 0.328 e. The number of hydrogen-bond donors (Lipinski definition) is 1. The summed E-state index contributed by atoms with van der Waals surface area (Å²) in [5.41, 5.74) is 1.73. The summed E-state index contributed by atoms with van der Waals surface area (Å²) >= 11 is 6.11. The monoisotopic (exact) mass is 315 g/mol. The SMILES string of the molecule is COCCOCCOC(=O)C(C)Nc1c(C)cccc1Cl. The summed E-state index contributed by atoms with van der Waals surface area (Å²) in [6.45, 7) is 5.24. The van der Waals surface area contributed by atoms with Gasteiger partial charge in [0.05, 0.1) is 30.5 Å². The molecule has 0 bridgehead atoms. The fraction of sp³-hybridized carbons (Fsp3) is 0.533. The lowest BCUT2D eigenvalue weighted by Crippen LogP contribution is -2.29. The molecule has 1 unspecified atom stereocenters. The van der Waals surface area contributed by atoms with Crippen molar-refractivity contribution in [3.63, 3.8) is 0 Å². The Balaban J connectivity index is 2.34. The highest BCUT2D eigenvalue weighted by molar-refractivity contribution is 6.33. The summed E-state index contributed by atoms with van der Waals surface area (Å²) < 4.78 is 15.2. The van der Waals surface area contributed by atoms with Gasteiger partial charge in [0.1, 0.15) is 12.6 Å². The highest BCUT2D eigenvalue weighted by atomic mass is 35.5. The van der Waals surface area contributed by atoms with Crippen LogP contribution in [0.15, 0.2) is 18.2 Å². The lowest BCUT2D eigenvalue weighted by molar-refractivity contribution is -0.145. The number of carbonyl (C=O) groups excluding carboxylic acids is 1. The predicted molar refractivity (Wildman–Crippen MR) is 82.9 cm³/mol. The lowest BCUT2D eigenvalue weighted by Gasteiger charge is -2.17. The minimum Gasteiger partial charge on any atom is -0.462 e. The van der Waals surface area contributed by atoms with Crippen LogP contribution in [0.2, 0.25) is 5.02 Å². The molecule has 1 atom stereocenters. The van der Waals surface area contributed by atoms with E-state index in [4.69, 9.17) is 25.8 Å². The molecule has 0 aliphatic rings. The van der Waals surface area contributed by atoms with E-state index in [1.165, 1.54) is 0 Å². The Kier molecular flexibility index (Phi) is 8.12. The number of para-hydroxylation sites is 1. The van der Waals surface area contributed by atoms with Crippen LogP contribution in [0.4, 0.5) is 5.69 Å². The van der Waals surface area contributed by atoms with Gasteiger partial charge in [-0.15, -0.1) is 0 Å². The first-order chi connectivity index (χ1) is 10.1. The van der Waals surface area contributed by atoms with Crippen molar-refractivity contribution in [2.45, 2.75) is 19.9 Å². The van der Waals surface area contributed by atoms with Crippen LogP contribution in [0.5, 0.6) is 0 Å². The number of methoxy groups -OCH3 is 1. The van der Waals surface area contributed by atoms with Gasteiger partial charge in [-0.1, -0.05) is 23.7 Å². The molecule has 0 amide bonds. The number of anilines is 1. The fourth-order valence-electron chi connectivity index (χ4n) is 1.66. The van der Waals surface area contributed by atoms with E-state index >= 15 is 0 Å². The summed E-state index contributed by atoms with van der Waals surface area (Å²) in [4.78, 5) is 11.9. The number of nitrogens with one attached hydrogen (secondary N) is 1. The van der Waals surface area contributed by atoms with Gasteiger partial charge in [-0.2, -0.15) is 0 Å². The molecule has 0 spiro atoms. The van der Waals surface area contributed by atoms with Gasteiger partial charge in [0.15, 0.2) is 0 Å². The van der Waals surface area contributed by atoms with Gasteiger partial charge in [0.25, 0.3) is 0 Å². The Morgan fingerprint density at radius 1 is 1.29 bits per heavy atom. The number of rotatable bonds is 9. The van der Waals surface area contributed by atoms with Crippen LogP contribution in [-0.4, -0.2) is 45.5 Å². The normalized spacial score (nSPS) is 12.0. The Bertz CT molecular complexity index is 433. The Labute approximate surface area is 130 Å². The van der Waals surface area contributed by atoms with Crippen molar-refractivity contribution in [1.82, 2.24) is 0 Å². The molecular formula is C15H22ClNO4. The van der Waals surface area contributed by atoms with Crippen molar-refractivity contribution in [1.29, 1.82) is 0 Å². The van der Waals surface area contributed by atoms with Gasteiger partial charge in [0, 0.05) is 7.11 Å². The van der Waals surface area contributed by atoms with Gasteiger partial charge in [-0.3, -0.25) is 0 Å². The second-order valence-electron chi connectivity index (χ2n) is 4.57. The Morgan fingerprint density at radius 2 is 2.00 bits per heavy atom. The second-order valence-corrected chi connectivity index (χ2v) is 4.98. The first kappa shape index (κ1) is 17.8. The lowest BCUT2D eigenvalue weighted by atomic mass is 10.2. The number of halogens is 1. The maximum atomic E-state index is 11.9.